The van der Waals surface area contributed by atoms with Crippen LogP contribution in [0.1, 0.15) is 35.2 Å². The Kier molecular flexibility index (Phi) is 3.83. The van der Waals surface area contributed by atoms with Crippen LogP contribution >= 0.6 is 0 Å². The third-order valence-corrected chi connectivity index (χ3v) is 4.33. The fourth-order valence-corrected chi connectivity index (χ4v) is 3.27. The molecule has 0 aromatic heterocycles. The molecule has 3 rings (SSSR count). The summed E-state index contributed by atoms with van der Waals surface area (Å²) in [4.78, 5) is 38.7. The number of carbonyl (C=O) groups is 3. The first-order valence-electron chi connectivity index (χ1n) is 7.44. The van der Waals surface area contributed by atoms with Gasteiger partial charge in [0, 0.05) is 24.7 Å². The molecule has 22 heavy (non-hydrogen) atoms. The summed E-state index contributed by atoms with van der Waals surface area (Å²) < 4.78 is 0. The number of likely N-dealkylation sites (tertiary alicyclic amines) is 1. The van der Waals surface area contributed by atoms with Gasteiger partial charge in [-0.1, -0.05) is 18.2 Å². The topological polar surface area (TPSA) is 77.9 Å². The average molecular weight is 302 g/mol. The van der Waals surface area contributed by atoms with Crippen LogP contribution in [0.2, 0.25) is 0 Å². The summed E-state index contributed by atoms with van der Waals surface area (Å²) in [6.07, 6.45) is 1.50. The van der Waals surface area contributed by atoms with E-state index in [2.05, 4.69) is 0 Å². The number of carboxylic acid groups (broad SMARTS) is 1. The molecule has 0 saturated carbocycles. The molecule has 6 nitrogen and oxygen atoms in total. The lowest BCUT2D eigenvalue weighted by Crippen LogP contribution is -2.43. The van der Waals surface area contributed by atoms with E-state index in [1.807, 2.05) is 18.2 Å². The summed E-state index contributed by atoms with van der Waals surface area (Å²) in [5.74, 6) is -1.18. The van der Waals surface area contributed by atoms with Gasteiger partial charge in [-0.25, -0.2) is 0 Å². The van der Waals surface area contributed by atoms with Crippen LogP contribution in [0.5, 0.6) is 0 Å². The highest BCUT2D eigenvalue weighted by molar-refractivity contribution is 6.00. The average Bonchev–Trinajstić information content (AvgIpc) is 3.05. The molecule has 1 fully saturated rings. The number of amides is 2. The van der Waals surface area contributed by atoms with Crippen LogP contribution in [-0.4, -0.2) is 51.8 Å². The predicted molar refractivity (Wildman–Crippen MR) is 78.2 cm³/mol. The van der Waals surface area contributed by atoms with Crippen LogP contribution in [0, 0.1) is 0 Å². The summed E-state index contributed by atoms with van der Waals surface area (Å²) in [5, 5.41) is 8.92. The molecule has 1 aromatic rings. The number of hydrogen-bond acceptors (Lipinski definition) is 3. The van der Waals surface area contributed by atoms with Crippen molar-refractivity contribution in [2.24, 2.45) is 0 Å². The van der Waals surface area contributed by atoms with Gasteiger partial charge in [0.2, 0.25) is 5.91 Å². The second-order valence-corrected chi connectivity index (χ2v) is 5.80. The summed E-state index contributed by atoms with van der Waals surface area (Å²) in [7, 11) is 0. The Morgan fingerprint density at radius 2 is 2.05 bits per heavy atom. The van der Waals surface area contributed by atoms with Gasteiger partial charge >= 0.3 is 5.97 Å². The summed E-state index contributed by atoms with van der Waals surface area (Å²) in [6, 6.07) is 7.10. The molecule has 1 aromatic carbocycles. The SMILES string of the molecule is O=C(O)CC1CCCN1C(=O)CN1Cc2ccccc2C1=O. The number of rotatable bonds is 4. The van der Waals surface area contributed by atoms with Crippen LogP contribution in [0.25, 0.3) is 0 Å². The maximum atomic E-state index is 12.4. The van der Waals surface area contributed by atoms with E-state index in [0.717, 1.165) is 12.0 Å². The van der Waals surface area contributed by atoms with E-state index in [9.17, 15) is 14.4 Å². The van der Waals surface area contributed by atoms with Crippen molar-refractivity contribution in [2.45, 2.75) is 31.8 Å². The van der Waals surface area contributed by atoms with E-state index in [0.29, 0.717) is 25.1 Å². The van der Waals surface area contributed by atoms with Gasteiger partial charge in [-0.3, -0.25) is 14.4 Å². The molecule has 0 aliphatic carbocycles. The van der Waals surface area contributed by atoms with E-state index in [1.165, 1.54) is 4.90 Å². The second kappa shape index (κ2) is 5.79. The Hall–Kier alpha value is -2.37. The minimum Gasteiger partial charge on any atom is -0.481 e. The number of fused-ring (bicyclic) bond motifs is 1. The molecule has 2 aliphatic rings. The summed E-state index contributed by atoms with van der Waals surface area (Å²) in [5.41, 5.74) is 1.59. The monoisotopic (exact) mass is 302 g/mol. The van der Waals surface area contributed by atoms with Crippen LogP contribution in [-0.2, 0) is 16.1 Å². The fourth-order valence-electron chi connectivity index (χ4n) is 3.27. The fraction of sp³-hybridized carbons (Fsp3) is 0.438. The van der Waals surface area contributed by atoms with Crippen molar-refractivity contribution in [2.75, 3.05) is 13.1 Å². The van der Waals surface area contributed by atoms with Crippen molar-refractivity contribution in [3.05, 3.63) is 35.4 Å². The number of benzene rings is 1. The first-order valence-corrected chi connectivity index (χ1v) is 7.44. The second-order valence-electron chi connectivity index (χ2n) is 5.80. The van der Waals surface area contributed by atoms with Crippen molar-refractivity contribution < 1.29 is 19.5 Å². The summed E-state index contributed by atoms with van der Waals surface area (Å²) >= 11 is 0. The molecule has 0 radical (unpaired) electrons. The maximum absolute atomic E-state index is 12.4. The number of carboxylic acids is 1. The van der Waals surface area contributed by atoms with Gasteiger partial charge in [0.15, 0.2) is 0 Å². The van der Waals surface area contributed by atoms with Gasteiger partial charge in [-0.15, -0.1) is 0 Å². The molecule has 116 valence electrons. The zero-order valence-corrected chi connectivity index (χ0v) is 12.2. The number of nitrogens with zero attached hydrogens (tertiary/aromatic N) is 2. The molecule has 0 bridgehead atoms. The molecular weight excluding hydrogens is 284 g/mol. The lowest BCUT2D eigenvalue weighted by Gasteiger charge is -2.26. The Balaban J connectivity index is 1.66. The molecule has 1 unspecified atom stereocenters. The molecule has 2 amide bonds. The third kappa shape index (κ3) is 2.68. The van der Waals surface area contributed by atoms with Gasteiger partial charge < -0.3 is 14.9 Å². The quantitative estimate of drug-likeness (QED) is 0.903. The first kappa shape index (κ1) is 14.6. The molecule has 1 atom stereocenters. The Labute approximate surface area is 128 Å². The molecule has 2 aliphatic heterocycles. The lowest BCUT2D eigenvalue weighted by atomic mass is 10.1. The van der Waals surface area contributed by atoms with E-state index >= 15 is 0 Å². The van der Waals surface area contributed by atoms with Gasteiger partial charge in [-0.05, 0) is 24.5 Å². The van der Waals surface area contributed by atoms with Crippen LogP contribution in [0.3, 0.4) is 0 Å². The number of hydrogen-bond donors (Lipinski definition) is 1. The molecule has 2 heterocycles. The van der Waals surface area contributed by atoms with Crippen molar-refractivity contribution in [1.82, 2.24) is 9.80 Å². The Morgan fingerprint density at radius 3 is 2.77 bits per heavy atom. The highest BCUT2D eigenvalue weighted by Gasteiger charge is 2.34. The van der Waals surface area contributed by atoms with Gasteiger partial charge in [0.1, 0.15) is 6.54 Å². The van der Waals surface area contributed by atoms with E-state index in [4.69, 9.17) is 5.11 Å². The Bertz CT molecular complexity index is 628. The zero-order chi connectivity index (χ0) is 15.7. The van der Waals surface area contributed by atoms with Gasteiger partial charge in [0.05, 0.1) is 6.42 Å². The van der Waals surface area contributed by atoms with Crippen molar-refractivity contribution in [3.8, 4) is 0 Å². The predicted octanol–water partition coefficient (Wildman–Crippen LogP) is 1.11. The van der Waals surface area contributed by atoms with Crippen molar-refractivity contribution >= 4 is 17.8 Å². The lowest BCUT2D eigenvalue weighted by molar-refractivity contribution is -0.140. The molecule has 0 spiro atoms. The highest BCUT2D eigenvalue weighted by Crippen LogP contribution is 2.24. The minimum absolute atomic E-state index is 0.0175. The maximum Gasteiger partial charge on any atom is 0.305 e. The standard InChI is InChI=1S/C16H18N2O4/c19-14(18-7-3-5-12(18)8-15(20)21)10-17-9-11-4-1-2-6-13(11)16(17)22/h1-2,4,6,12H,3,5,7-10H2,(H,20,21). The third-order valence-electron chi connectivity index (χ3n) is 4.33. The van der Waals surface area contributed by atoms with E-state index in [1.54, 1.807) is 11.0 Å². The highest BCUT2D eigenvalue weighted by atomic mass is 16.4. The van der Waals surface area contributed by atoms with Crippen molar-refractivity contribution in [1.29, 1.82) is 0 Å². The van der Waals surface area contributed by atoms with Gasteiger partial charge in [0.25, 0.3) is 5.91 Å². The minimum atomic E-state index is -0.894. The summed E-state index contributed by atoms with van der Waals surface area (Å²) in [6.45, 7) is 1.04. The van der Waals surface area contributed by atoms with Crippen LogP contribution in [0.4, 0.5) is 0 Å². The smallest absolute Gasteiger partial charge is 0.305 e. The Morgan fingerprint density at radius 1 is 1.27 bits per heavy atom. The van der Waals surface area contributed by atoms with Crippen LogP contribution in [0.15, 0.2) is 24.3 Å². The number of carbonyl (C=O) groups excluding carboxylic acids is 2. The van der Waals surface area contributed by atoms with Crippen molar-refractivity contribution in [3.63, 3.8) is 0 Å². The van der Waals surface area contributed by atoms with Gasteiger partial charge in [-0.2, -0.15) is 0 Å². The first-order chi connectivity index (χ1) is 10.6. The molecular formula is C16H18N2O4. The normalized spacial score (nSPS) is 20.4. The molecule has 1 N–H and O–H groups in total. The van der Waals surface area contributed by atoms with E-state index in [-0.39, 0.29) is 30.8 Å². The molecule has 6 heteroatoms. The molecule has 1 saturated heterocycles. The largest absolute Gasteiger partial charge is 0.481 e. The number of aliphatic carboxylic acids is 1. The van der Waals surface area contributed by atoms with Crippen LogP contribution < -0.4 is 0 Å². The van der Waals surface area contributed by atoms with E-state index < -0.39 is 5.97 Å². The zero-order valence-electron chi connectivity index (χ0n) is 12.2.